The highest BCUT2D eigenvalue weighted by Gasteiger charge is 2.30. The Morgan fingerprint density at radius 1 is 1.50 bits per heavy atom. The van der Waals surface area contributed by atoms with Gasteiger partial charge in [0.1, 0.15) is 16.3 Å². The molecule has 0 aliphatic carbocycles. The summed E-state index contributed by atoms with van der Waals surface area (Å²) in [7, 11) is 1.53. The minimum atomic E-state index is -1.26. The van der Waals surface area contributed by atoms with Crippen LogP contribution in [0, 0.1) is 5.82 Å². The van der Waals surface area contributed by atoms with Crippen molar-refractivity contribution in [3.05, 3.63) is 42.2 Å². The fourth-order valence-corrected chi connectivity index (χ4v) is 2.52. The summed E-state index contributed by atoms with van der Waals surface area (Å²) in [6.45, 7) is 9.34. The lowest BCUT2D eigenvalue weighted by Gasteiger charge is -2.28. The van der Waals surface area contributed by atoms with Crippen molar-refractivity contribution in [2.45, 2.75) is 38.0 Å². The lowest BCUT2D eigenvalue weighted by atomic mass is 10.0. The molecule has 3 nitrogen and oxygen atoms in total. The van der Waals surface area contributed by atoms with Crippen molar-refractivity contribution < 1.29 is 13.7 Å². The average molecular weight is 299 g/mol. The molecule has 0 bridgehead atoms. The van der Waals surface area contributed by atoms with Gasteiger partial charge in [-0.3, -0.25) is 0 Å². The molecule has 0 aromatic heterocycles. The minimum Gasteiger partial charge on any atom is -0.598 e. The molecule has 5 heteroatoms. The largest absolute Gasteiger partial charge is 0.598 e. The van der Waals surface area contributed by atoms with Crippen LogP contribution in [0.2, 0.25) is 0 Å². The maximum atomic E-state index is 13.5. The molecule has 1 aromatic rings. The van der Waals surface area contributed by atoms with E-state index in [9.17, 15) is 8.94 Å². The highest BCUT2D eigenvalue weighted by atomic mass is 32.2. The number of nitrogens with one attached hydrogen (secondary N) is 1. The molecule has 0 saturated heterocycles. The van der Waals surface area contributed by atoms with Crippen LogP contribution in [0.5, 0.6) is 5.75 Å². The van der Waals surface area contributed by atoms with Crippen LogP contribution in [0.25, 0.3) is 0 Å². The molecule has 2 atom stereocenters. The second-order valence-corrected chi connectivity index (χ2v) is 7.46. The van der Waals surface area contributed by atoms with Crippen LogP contribution < -0.4 is 9.46 Å². The second-order valence-electron chi connectivity index (χ2n) is 5.46. The van der Waals surface area contributed by atoms with Gasteiger partial charge in [0.2, 0.25) is 0 Å². The fraction of sp³-hybridized carbons (Fsp3) is 0.467. The lowest BCUT2D eigenvalue weighted by Crippen LogP contribution is -2.41. The van der Waals surface area contributed by atoms with Crippen molar-refractivity contribution in [3.63, 3.8) is 0 Å². The Morgan fingerprint density at radius 2 is 2.15 bits per heavy atom. The van der Waals surface area contributed by atoms with Gasteiger partial charge < -0.3 is 9.29 Å². The van der Waals surface area contributed by atoms with Crippen molar-refractivity contribution in [2.75, 3.05) is 7.11 Å². The standard InChI is InChI=1S/C15H22FNO2S/c1-6-7-13(17-20(18)15(2,3)4)12-10-11(16)8-9-14(12)19-5/h6,8-10,13,17H,1,7H2,2-5H3/t13-,20?/m1/s1. The summed E-state index contributed by atoms with van der Waals surface area (Å²) < 4.78 is 33.6. The quantitative estimate of drug-likeness (QED) is 0.646. The third-order valence-electron chi connectivity index (χ3n) is 2.78. The molecule has 0 spiro atoms. The molecule has 0 amide bonds. The molecule has 1 N–H and O–H groups in total. The topological polar surface area (TPSA) is 44.3 Å². The van der Waals surface area contributed by atoms with Gasteiger partial charge in [0, 0.05) is 16.9 Å². The smallest absolute Gasteiger partial charge is 0.136 e. The number of benzene rings is 1. The Balaban J connectivity index is 3.07. The summed E-state index contributed by atoms with van der Waals surface area (Å²) in [6, 6.07) is 4.01. The lowest BCUT2D eigenvalue weighted by molar-refractivity contribution is 0.401. The Labute approximate surface area is 123 Å². The van der Waals surface area contributed by atoms with E-state index in [4.69, 9.17) is 4.74 Å². The summed E-state index contributed by atoms with van der Waals surface area (Å²) in [4.78, 5) is 0. The maximum absolute atomic E-state index is 13.5. The van der Waals surface area contributed by atoms with Gasteiger partial charge in [0.05, 0.1) is 13.2 Å². The SMILES string of the molecule is C=CC[C@@H](N[S+]([O-])C(C)(C)C)c1cc(F)ccc1OC. The summed E-state index contributed by atoms with van der Waals surface area (Å²) in [5.74, 6) is 0.217. The van der Waals surface area contributed by atoms with Crippen LogP contribution in [0.3, 0.4) is 0 Å². The van der Waals surface area contributed by atoms with Gasteiger partial charge in [-0.25, -0.2) is 4.39 Å². The molecule has 1 unspecified atom stereocenters. The average Bonchev–Trinajstić information content (AvgIpc) is 2.37. The third kappa shape index (κ3) is 4.51. The molecule has 0 radical (unpaired) electrons. The molecule has 0 aliphatic rings. The minimum absolute atomic E-state index is 0.307. The first kappa shape index (κ1) is 17.0. The summed E-state index contributed by atoms with van der Waals surface area (Å²) in [5.41, 5.74) is 0.644. The van der Waals surface area contributed by atoms with E-state index in [-0.39, 0.29) is 11.9 Å². The first-order valence-corrected chi connectivity index (χ1v) is 7.57. The van der Waals surface area contributed by atoms with Gasteiger partial charge in [-0.15, -0.1) is 11.3 Å². The molecule has 1 aromatic carbocycles. The number of hydrogen-bond acceptors (Lipinski definition) is 3. The molecule has 0 heterocycles. The fourth-order valence-electron chi connectivity index (χ4n) is 1.69. The van der Waals surface area contributed by atoms with Crippen LogP contribution in [-0.4, -0.2) is 16.4 Å². The van der Waals surface area contributed by atoms with Crippen LogP contribution in [-0.2, 0) is 11.4 Å². The van der Waals surface area contributed by atoms with Gasteiger partial charge in [0.15, 0.2) is 0 Å². The maximum Gasteiger partial charge on any atom is 0.136 e. The number of ether oxygens (including phenoxy) is 1. The van der Waals surface area contributed by atoms with Crippen molar-refractivity contribution in [1.82, 2.24) is 4.72 Å². The van der Waals surface area contributed by atoms with Crippen molar-refractivity contribution in [1.29, 1.82) is 0 Å². The normalized spacial score (nSPS) is 14.7. The van der Waals surface area contributed by atoms with E-state index < -0.39 is 16.1 Å². The van der Waals surface area contributed by atoms with Crippen LogP contribution in [0.4, 0.5) is 4.39 Å². The first-order valence-electron chi connectivity index (χ1n) is 6.42. The Morgan fingerprint density at radius 3 is 2.65 bits per heavy atom. The van der Waals surface area contributed by atoms with E-state index in [1.165, 1.54) is 19.2 Å². The summed E-state index contributed by atoms with van der Waals surface area (Å²) >= 11 is -1.26. The van der Waals surface area contributed by atoms with Gasteiger partial charge >= 0.3 is 0 Å². The zero-order chi connectivity index (χ0) is 15.3. The molecule has 20 heavy (non-hydrogen) atoms. The highest BCUT2D eigenvalue weighted by molar-refractivity contribution is 7.90. The van der Waals surface area contributed by atoms with Crippen LogP contribution in [0.15, 0.2) is 30.9 Å². The van der Waals surface area contributed by atoms with Crippen LogP contribution in [0.1, 0.15) is 38.8 Å². The van der Waals surface area contributed by atoms with E-state index in [2.05, 4.69) is 11.3 Å². The molecule has 1 rings (SSSR count). The molecular formula is C15H22FNO2S. The van der Waals surface area contributed by atoms with Gasteiger partial charge in [-0.2, -0.15) is 0 Å². The summed E-state index contributed by atoms with van der Waals surface area (Å²) in [5, 5.41) is 0. The number of methoxy groups -OCH3 is 1. The first-order chi connectivity index (χ1) is 9.29. The predicted octanol–water partition coefficient (Wildman–Crippen LogP) is 3.50. The number of halogens is 1. The van der Waals surface area contributed by atoms with Gasteiger partial charge in [0.25, 0.3) is 0 Å². The molecule has 0 aliphatic heterocycles. The second kappa shape index (κ2) is 7.11. The zero-order valence-electron chi connectivity index (χ0n) is 12.4. The third-order valence-corrected chi connectivity index (χ3v) is 4.39. The molecule has 112 valence electrons. The van der Waals surface area contributed by atoms with Crippen molar-refractivity contribution in [3.8, 4) is 5.75 Å². The molecule has 0 saturated carbocycles. The highest BCUT2D eigenvalue weighted by Crippen LogP contribution is 2.30. The monoisotopic (exact) mass is 299 g/mol. The molecule has 0 fully saturated rings. The summed E-state index contributed by atoms with van der Waals surface area (Å²) in [6.07, 6.45) is 2.24. The van der Waals surface area contributed by atoms with E-state index in [0.29, 0.717) is 17.7 Å². The van der Waals surface area contributed by atoms with E-state index in [1.54, 1.807) is 12.1 Å². The van der Waals surface area contributed by atoms with E-state index in [1.807, 2.05) is 20.8 Å². The van der Waals surface area contributed by atoms with Gasteiger partial charge in [-0.1, -0.05) is 6.08 Å². The Kier molecular flexibility index (Phi) is 6.05. The number of hydrogen-bond donors (Lipinski definition) is 1. The van der Waals surface area contributed by atoms with E-state index in [0.717, 1.165) is 0 Å². The Hall–Kier alpha value is -1.04. The van der Waals surface area contributed by atoms with Crippen molar-refractivity contribution in [2.24, 2.45) is 0 Å². The van der Waals surface area contributed by atoms with Gasteiger partial charge in [-0.05, 0) is 45.4 Å². The number of rotatable bonds is 6. The zero-order valence-corrected chi connectivity index (χ0v) is 13.2. The Bertz CT molecular complexity index is 460. The van der Waals surface area contributed by atoms with Crippen molar-refractivity contribution >= 4 is 11.4 Å². The van der Waals surface area contributed by atoms with Crippen LogP contribution >= 0.6 is 0 Å². The van der Waals surface area contributed by atoms with E-state index >= 15 is 0 Å². The predicted molar refractivity (Wildman–Crippen MR) is 81.5 cm³/mol. The molecular weight excluding hydrogens is 277 g/mol.